The van der Waals surface area contributed by atoms with Gasteiger partial charge in [-0.25, -0.2) is 4.98 Å². The van der Waals surface area contributed by atoms with Crippen LogP contribution in [0.4, 0.5) is 0 Å². The molecule has 8 nitrogen and oxygen atoms in total. The monoisotopic (exact) mass is 569 g/mol. The van der Waals surface area contributed by atoms with Crippen molar-refractivity contribution in [3.63, 3.8) is 0 Å². The van der Waals surface area contributed by atoms with Crippen LogP contribution in [0.2, 0.25) is 0 Å². The first-order valence-corrected chi connectivity index (χ1v) is 15.3. The summed E-state index contributed by atoms with van der Waals surface area (Å²) in [4.78, 5) is 33.9. The summed E-state index contributed by atoms with van der Waals surface area (Å²) >= 11 is 0. The minimum atomic E-state index is -1.42. The molecule has 1 amide bonds. The molecule has 3 saturated heterocycles. The number of imidazole rings is 1. The third-order valence-electron chi connectivity index (χ3n) is 10.3. The molecule has 0 radical (unpaired) electrons. The highest BCUT2D eigenvalue weighted by Crippen LogP contribution is 2.46. The van der Waals surface area contributed by atoms with E-state index in [0.29, 0.717) is 19.1 Å². The summed E-state index contributed by atoms with van der Waals surface area (Å²) in [5.41, 5.74) is 10.2. The van der Waals surface area contributed by atoms with E-state index in [2.05, 4.69) is 65.1 Å². The van der Waals surface area contributed by atoms with Gasteiger partial charge in [0.15, 0.2) is 0 Å². The van der Waals surface area contributed by atoms with Crippen LogP contribution in [0.3, 0.4) is 0 Å². The van der Waals surface area contributed by atoms with Crippen molar-refractivity contribution >= 4 is 29.1 Å². The lowest BCUT2D eigenvalue weighted by molar-refractivity contribution is -0.159. The Balaban J connectivity index is 1.19. The standard InChI is InChI=1S/C34H43N5O3/c1-24-36-28-11-7-8-12-29(28)38(24)23-25-21-27-13-14-34(35,22-25)39(27)20-17-33(26-9-5-4-6-10-26)15-18-37(19-16-33)30(40)32(2,3)31(41)42/h4-12,23,27H,13-22,35H2,1-3H3,(H,41,42). The summed E-state index contributed by atoms with van der Waals surface area (Å²) in [6, 6.07) is 19.3. The maximum Gasteiger partial charge on any atom is 0.318 e. The van der Waals surface area contributed by atoms with Crippen molar-refractivity contribution in [2.45, 2.75) is 82.8 Å². The second-order valence-corrected chi connectivity index (χ2v) is 13.3. The molecule has 3 aliphatic heterocycles. The SMILES string of the molecule is Cc1nc2ccccc2n1C=C1CC2CCC(N)(C1)N2CCC1(c2ccccc2)CCN(C(=O)C(C)(C)C(=O)O)CC1. The molecule has 2 unspecified atom stereocenters. The van der Waals surface area contributed by atoms with E-state index in [9.17, 15) is 14.7 Å². The number of hydrogen-bond acceptors (Lipinski definition) is 5. The predicted molar refractivity (Wildman–Crippen MR) is 165 cm³/mol. The van der Waals surface area contributed by atoms with Crippen LogP contribution in [0.5, 0.6) is 0 Å². The number of aliphatic carboxylic acids is 1. The van der Waals surface area contributed by atoms with Crippen LogP contribution < -0.4 is 5.73 Å². The number of carboxylic acids is 1. The number of hydrogen-bond donors (Lipinski definition) is 2. The molecule has 0 saturated carbocycles. The van der Waals surface area contributed by atoms with Gasteiger partial charge in [-0.3, -0.25) is 14.5 Å². The molecule has 0 spiro atoms. The molecule has 3 aliphatic rings. The van der Waals surface area contributed by atoms with E-state index >= 15 is 0 Å². The number of fused-ring (bicyclic) bond motifs is 3. The third kappa shape index (κ3) is 4.94. The Morgan fingerprint density at radius 2 is 1.76 bits per heavy atom. The molecule has 0 aliphatic carbocycles. The van der Waals surface area contributed by atoms with E-state index in [1.54, 1.807) is 4.90 Å². The lowest BCUT2D eigenvalue weighted by atomic mass is 9.70. The summed E-state index contributed by atoms with van der Waals surface area (Å²) < 4.78 is 2.22. The van der Waals surface area contributed by atoms with Gasteiger partial charge in [-0.1, -0.05) is 42.5 Å². The van der Waals surface area contributed by atoms with Crippen molar-refractivity contribution < 1.29 is 14.7 Å². The lowest BCUT2D eigenvalue weighted by Gasteiger charge is -2.48. The first kappa shape index (κ1) is 28.6. The maximum atomic E-state index is 13.1. The normalized spacial score (nSPS) is 25.3. The molecule has 1 aromatic heterocycles. The molecular weight excluding hydrogens is 526 g/mol. The number of nitrogens with two attached hydrogens (primary N) is 1. The van der Waals surface area contributed by atoms with Crippen LogP contribution in [0.1, 0.15) is 70.2 Å². The number of nitrogens with zero attached hydrogens (tertiary/aromatic N) is 4. The molecule has 2 bridgehead atoms. The fourth-order valence-electron chi connectivity index (χ4n) is 7.70. The molecule has 222 valence electrons. The van der Waals surface area contributed by atoms with E-state index in [-0.39, 0.29) is 17.0 Å². The Kier molecular flexibility index (Phi) is 7.26. The number of carbonyl (C=O) groups is 2. The summed E-state index contributed by atoms with van der Waals surface area (Å²) in [5, 5.41) is 9.61. The highest BCUT2D eigenvalue weighted by atomic mass is 16.4. The summed E-state index contributed by atoms with van der Waals surface area (Å²) in [6.07, 6.45) is 8.81. The lowest BCUT2D eigenvalue weighted by Crippen LogP contribution is -2.58. The molecule has 2 aromatic carbocycles. The number of carbonyl (C=O) groups excluding carboxylic acids is 1. The first-order chi connectivity index (χ1) is 20.0. The van der Waals surface area contributed by atoms with E-state index < -0.39 is 11.4 Å². The minimum absolute atomic E-state index is 0.0792. The molecule has 3 aromatic rings. The van der Waals surface area contributed by atoms with Crippen LogP contribution in [-0.4, -0.2) is 67.7 Å². The number of carboxylic acid groups (broad SMARTS) is 1. The second kappa shape index (κ2) is 10.7. The fraction of sp³-hybridized carbons (Fsp3) is 0.500. The van der Waals surface area contributed by atoms with Gasteiger partial charge in [0.1, 0.15) is 11.2 Å². The number of aromatic nitrogens is 2. The Hall–Kier alpha value is -3.49. The number of amides is 1. The number of piperidine rings is 2. The van der Waals surface area contributed by atoms with Gasteiger partial charge in [0.2, 0.25) is 5.91 Å². The summed E-state index contributed by atoms with van der Waals surface area (Å²) in [5.74, 6) is -0.385. The van der Waals surface area contributed by atoms with Crippen molar-refractivity contribution in [3.8, 4) is 0 Å². The molecule has 4 heterocycles. The van der Waals surface area contributed by atoms with E-state index in [1.165, 1.54) is 25.0 Å². The number of benzene rings is 2. The van der Waals surface area contributed by atoms with Gasteiger partial charge in [-0.2, -0.15) is 0 Å². The van der Waals surface area contributed by atoms with Crippen molar-refractivity contribution in [2.75, 3.05) is 19.6 Å². The molecule has 3 fully saturated rings. The van der Waals surface area contributed by atoms with Crippen molar-refractivity contribution in [1.29, 1.82) is 0 Å². The number of rotatable bonds is 7. The highest BCUT2D eigenvalue weighted by molar-refractivity contribution is 6.01. The average Bonchev–Trinajstić information content (AvgIpc) is 3.39. The van der Waals surface area contributed by atoms with E-state index in [1.807, 2.05) is 12.1 Å². The molecule has 2 atom stereocenters. The van der Waals surface area contributed by atoms with Gasteiger partial charge in [0.25, 0.3) is 0 Å². The highest BCUT2D eigenvalue weighted by Gasteiger charge is 2.49. The number of aryl methyl sites for hydroxylation is 1. The van der Waals surface area contributed by atoms with Gasteiger partial charge in [0.05, 0.1) is 16.7 Å². The fourth-order valence-corrected chi connectivity index (χ4v) is 7.70. The Labute approximate surface area is 248 Å². The number of likely N-dealkylation sites (tertiary alicyclic amines) is 1. The zero-order valence-corrected chi connectivity index (χ0v) is 25.1. The Morgan fingerprint density at radius 1 is 1.07 bits per heavy atom. The van der Waals surface area contributed by atoms with Crippen molar-refractivity contribution in [3.05, 3.63) is 71.6 Å². The Morgan fingerprint density at radius 3 is 2.45 bits per heavy atom. The van der Waals surface area contributed by atoms with Gasteiger partial charge < -0.3 is 20.3 Å². The van der Waals surface area contributed by atoms with E-state index in [0.717, 1.165) is 68.3 Å². The van der Waals surface area contributed by atoms with Crippen LogP contribution in [0, 0.1) is 12.3 Å². The quantitative estimate of drug-likeness (QED) is 0.381. The average molecular weight is 570 g/mol. The smallest absolute Gasteiger partial charge is 0.318 e. The summed E-state index contributed by atoms with van der Waals surface area (Å²) in [6.45, 7) is 7.10. The van der Waals surface area contributed by atoms with Gasteiger partial charge >= 0.3 is 5.97 Å². The van der Waals surface area contributed by atoms with Gasteiger partial charge in [-0.15, -0.1) is 0 Å². The zero-order valence-electron chi connectivity index (χ0n) is 25.1. The van der Waals surface area contributed by atoms with E-state index in [4.69, 9.17) is 10.7 Å². The second-order valence-electron chi connectivity index (χ2n) is 13.3. The summed E-state index contributed by atoms with van der Waals surface area (Å²) in [7, 11) is 0. The zero-order chi connectivity index (χ0) is 29.7. The predicted octanol–water partition coefficient (Wildman–Crippen LogP) is 5.16. The van der Waals surface area contributed by atoms with Crippen molar-refractivity contribution in [2.24, 2.45) is 11.1 Å². The van der Waals surface area contributed by atoms with Crippen LogP contribution in [0.15, 0.2) is 60.2 Å². The van der Waals surface area contributed by atoms with Gasteiger partial charge in [0, 0.05) is 38.3 Å². The molecule has 42 heavy (non-hydrogen) atoms. The van der Waals surface area contributed by atoms with Crippen LogP contribution in [-0.2, 0) is 15.0 Å². The number of para-hydroxylation sites is 2. The molecular formula is C34H43N5O3. The minimum Gasteiger partial charge on any atom is -0.480 e. The molecule has 8 heteroatoms. The first-order valence-electron chi connectivity index (χ1n) is 15.3. The largest absolute Gasteiger partial charge is 0.480 e. The van der Waals surface area contributed by atoms with Gasteiger partial charge in [-0.05, 0) is 88.0 Å². The molecule has 3 N–H and O–H groups in total. The maximum absolute atomic E-state index is 13.1. The van der Waals surface area contributed by atoms with Crippen molar-refractivity contribution in [1.82, 2.24) is 19.4 Å². The van der Waals surface area contributed by atoms with Crippen LogP contribution >= 0.6 is 0 Å². The van der Waals surface area contributed by atoms with Crippen LogP contribution in [0.25, 0.3) is 17.2 Å². The topological polar surface area (TPSA) is 105 Å². The molecule has 6 rings (SSSR count). The third-order valence-corrected chi connectivity index (χ3v) is 10.3. The Bertz CT molecular complexity index is 1520.